The van der Waals surface area contributed by atoms with Crippen LogP contribution in [0.3, 0.4) is 0 Å². The SMILES string of the molecule is C=CCN1C(=O)S/C(=C/c2ccc(OCc3cccc(C(=O)O)c3)cc2)C1=O. The van der Waals surface area contributed by atoms with Gasteiger partial charge in [0.25, 0.3) is 11.1 Å². The van der Waals surface area contributed by atoms with Crippen molar-refractivity contribution in [2.24, 2.45) is 0 Å². The topological polar surface area (TPSA) is 83.9 Å². The van der Waals surface area contributed by atoms with E-state index in [0.717, 1.165) is 27.8 Å². The van der Waals surface area contributed by atoms with Gasteiger partial charge in [0.1, 0.15) is 12.4 Å². The van der Waals surface area contributed by atoms with Crippen LogP contribution in [0, 0.1) is 0 Å². The fourth-order valence-corrected chi connectivity index (χ4v) is 3.41. The number of ether oxygens (including phenoxy) is 1. The van der Waals surface area contributed by atoms with E-state index < -0.39 is 5.97 Å². The van der Waals surface area contributed by atoms with E-state index in [1.807, 2.05) is 0 Å². The molecule has 1 fully saturated rings. The Bertz CT molecular complexity index is 965. The molecule has 0 aliphatic carbocycles. The highest BCUT2D eigenvalue weighted by molar-refractivity contribution is 8.18. The number of carboxylic acids is 1. The molecule has 0 bridgehead atoms. The maximum atomic E-state index is 12.2. The van der Waals surface area contributed by atoms with Gasteiger partial charge in [-0.3, -0.25) is 14.5 Å². The number of amides is 2. The van der Waals surface area contributed by atoms with Crippen LogP contribution >= 0.6 is 11.8 Å². The molecule has 3 rings (SSSR count). The quantitative estimate of drug-likeness (QED) is 0.559. The van der Waals surface area contributed by atoms with E-state index in [0.29, 0.717) is 10.7 Å². The molecule has 0 spiro atoms. The van der Waals surface area contributed by atoms with E-state index in [4.69, 9.17) is 9.84 Å². The van der Waals surface area contributed by atoms with Crippen molar-refractivity contribution in [2.45, 2.75) is 6.61 Å². The monoisotopic (exact) mass is 395 g/mol. The summed E-state index contributed by atoms with van der Waals surface area (Å²) >= 11 is 0.904. The first-order valence-corrected chi connectivity index (χ1v) is 9.21. The highest BCUT2D eigenvalue weighted by atomic mass is 32.2. The lowest BCUT2D eigenvalue weighted by Gasteiger charge is -2.08. The summed E-state index contributed by atoms with van der Waals surface area (Å²) in [6.45, 7) is 3.98. The van der Waals surface area contributed by atoms with Crippen molar-refractivity contribution < 1.29 is 24.2 Å². The van der Waals surface area contributed by atoms with Gasteiger partial charge in [0.05, 0.1) is 10.5 Å². The minimum Gasteiger partial charge on any atom is -0.489 e. The summed E-state index contributed by atoms with van der Waals surface area (Å²) in [7, 11) is 0. The Morgan fingerprint density at radius 1 is 1.18 bits per heavy atom. The summed E-state index contributed by atoms with van der Waals surface area (Å²) in [6.07, 6.45) is 3.17. The Morgan fingerprint density at radius 3 is 2.61 bits per heavy atom. The second-order valence-corrected chi connectivity index (χ2v) is 6.94. The van der Waals surface area contributed by atoms with Crippen molar-refractivity contribution in [2.75, 3.05) is 6.54 Å². The van der Waals surface area contributed by atoms with Crippen LogP contribution in [0.5, 0.6) is 5.75 Å². The molecule has 0 saturated carbocycles. The molecule has 2 aromatic rings. The van der Waals surface area contributed by atoms with Crippen LogP contribution in [-0.4, -0.2) is 33.7 Å². The minimum absolute atomic E-state index is 0.192. The van der Waals surface area contributed by atoms with Crippen LogP contribution in [-0.2, 0) is 11.4 Å². The molecule has 28 heavy (non-hydrogen) atoms. The van der Waals surface area contributed by atoms with Crippen molar-refractivity contribution in [1.82, 2.24) is 4.90 Å². The number of hydrogen-bond acceptors (Lipinski definition) is 5. The number of benzene rings is 2. The van der Waals surface area contributed by atoms with Gasteiger partial charge < -0.3 is 9.84 Å². The Morgan fingerprint density at radius 2 is 1.93 bits per heavy atom. The van der Waals surface area contributed by atoms with Gasteiger partial charge >= 0.3 is 5.97 Å². The van der Waals surface area contributed by atoms with Gasteiger partial charge in [-0.15, -0.1) is 6.58 Å². The molecule has 1 N–H and O–H groups in total. The first kappa shape index (κ1) is 19.4. The van der Waals surface area contributed by atoms with Gasteiger partial charge in [-0.05, 0) is 53.2 Å². The van der Waals surface area contributed by atoms with Gasteiger partial charge in [-0.2, -0.15) is 0 Å². The van der Waals surface area contributed by atoms with Crippen LogP contribution in [0.25, 0.3) is 6.08 Å². The van der Waals surface area contributed by atoms with Crippen molar-refractivity contribution in [3.63, 3.8) is 0 Å². The fraction of sp³-hybridized carbons (Fsp3) is 0.0952. The Balaban J connectivity index is 1.65. The summed E-state index contributed by atoms with van der Waals surface area (Å²) in [6, 6.07) is 13.6. The molecule has 2 aromatic carbocycles. The Labute approximate surface area is 166 Å². The van der Waals surface area contributed by atoms with E-state index in [9.17, 15) is 14.4 Å². The lowest BCUT2D eigenvalue weighted by molar-refractivity contribution is -0.122. The van der Waals surface area contributed by atoms with Gasteiger partial charge in [-0.1, -0.05) is 30.3 Å². The third-order valence-corrected chi connectivity index (χ3v) is 4.85. The smallest absolute Gasteiger partial charge is 0.335 e. The normalized spacial score (nSPS) is 15.1. The summed E-state index contributed by atoms with van der Waals surface area (Å²) in [5, 5.41) is 8.72. The van der Waals surface area contributed by atoms with Crippen LogP contribution in [0.4, 0.5) is 4.79 Å². The average molecular weight is 395 g/mol. The number of hydrogen-bond donors (Lipinski definition) is 1. The number of thioether (sulfide) groups is 1. The minimum atomic E-state index is -0.983. The third-order valence-electron chi connectivity index (χ3n) is 3.94. The third kappa shape index (κ3) is 4.50. The first-order valence-electron chi connectivity index (χ1n) is 8.39. The van der Waals surface area contributed by atoms with E-state index in [-0.39, 0.29) is 29.9 Å². The molecule has 0 radical (unpaired) electrons. The van der Waals surface area contributed by atoms with E-state index in [2.05, 4.69) is 6.58 Å². The fourth-order valence-electron chi connectivity index (χ4n) is 2.56. The molecule has 7 heteroatoms. The largest absolute Gasteiger partial charge is 0.489 e. The zero-order valence-corrected chi connectivity index (χ0v) is 15.6. The summed E-state index contributed by atoms with van der Waals surface area (Å²) in [5.74, 6) is -0.699. The summed E-state index contributed by atoms with van der Waals surface area (Å²) in [4.78, 5) is 36.6. The van der Waals surface area contributed by atoms with Crippen LogP contribution in [0.15, 0.2) is 66.1 Å². The van der Waals surface area contributed by atoms with Crippen LogP contribution in [0.1, 0.15) is 21.5 Å². The number of aromatic carboxylic acids is 1. The zero-order chi connectivity index (χ0) is 20.1. The first-order chi connectivity index (χ1) is 13.5. The maximum absolute atomic E-state index is 12.2. The highest BCUT2D eigenvalue weighted by Crippen LogP contribution is 2.32. The number of nitrogens with zero attached hydrogens (tertiary/aromatic N) is 1. The predicted molar refractivity (Wildman–Crippen MR) is 107 cm³/mol. The molecular formula is C21H17NO5S. The highest BCUT2D eigenvalue weighted by Gasteiger charge is 2.33. The molecule has 2 amide bonds. The van der Waals surface area contributed by atoms with Gasteiger partial charge in [-0.25, -0.2) is 4.79 Å². The van der Waals surface area contributed by atoms with E-state index in [1.54, 1.807) is 48.5 Å². The van der Waals surface area contributed by atoms with Crippen molar-refractivity contribution in [3.05, 3.63) is 82.8 Å². The molecule has 1 aliphatic heterocycles. The van der Waals surface area contributed by atoms with Crippen molar-refractivity contribution in [3.8, 4) is 5.75 Å². The molecule has 0 unspecified atom stereocenters. The average Bonchev–Trinajstić information content (AvgIpc) is 2.95. The maximum Gasteiger partial charge on any atom is 0.335 e. The Hall–Kier alpha value is -3.32. The molecule has 0 aromatic heterocycles. The second-order valence-electron chi connectivity index (χ2n) is 5.94. The molecule has 6 nitrogen and oxygen atoms in total. The molecular weight excluding hydrogens is 378 g/mol. The number of imide groups is 1. The van der Waals surface area contributed by atoms with Gasteiger partial charge in [0, 0.05) is 6.54 Å². The molecule has 0 atom stereocenters. The van der Waals surface area contributed by atoms with Gasteiger partial charge in [0.15, 0.2) is 0 Å². The number of rotatable bonds is 7. The number of carbonyl (C=O) groups excluding carboxylic acids is 2. The van der Waals surface area contributed by atoms with Crippen molar-refractivity contribution in [1.29, 1.82) is 0 Å². The number of carboxylic acid groups (broad SMARTS) is 1. The molecule has 1 aliphatic rings. The lowest BCUT2D eigenvalue weighted by atomic mass is 10.1. The Kier molecular flexibility index (Phi) is 5.96. The summed E-state index contributed by atoms with van der Waals surface area (Å²) < 4.78 is 5.68. The predicted octanol–water partition coefficient (Wildman–Crippen LogP) is 4.19. The second kappa shape index (κ2) is 8.58. The molecule has 1 saturated heterocycles. The number of carbonyl (C=O) groups is 3. The van der Waals surface area contributed by atoms with E-state index >= 15 is 0 Å². The van der Waals surface area contributed by atoms with Gasteiger partial charge in [0.2, 0.25) is 0 Å². The van der Waals surface area contributed by atoms with Crippen LogP contribution < -0.4 is 4.74 Å². The molecule has 1 heterocycles. The van der Waals surface area contributed by atoms with Crippen molar-refractivity contribution >= 4 is 35.0 Å². The summed E-state index contributed by atoms with van der Waals surface area (Å²) in [5.41, 5.74) is 1.73. The van der Waals surface area contributed by atoms with E-state index in [1.165, 1.54) is 12.1 Å². The standard InChI is InChI=1S/C21H17NO5S/c1-2-10-22-19(23)18(28-21(22)26)12-14-6-8-17(9-7-14)27-13-15-4-3-5-16(11-15)20(24)25/h2-9,11-12H,1,10,13H2,(H,24,25)/b18-12+. The van der Waals surface area contributed by atoms with Crippen LogP contribution in [0.2, 0.25) is 0 Å². The zero-order valence-electron chi connectivity index (χ0n) is 14.8. The molecule has 142 valence electrons. The lowest BCUT2D eigenvalue weighted by Crippen LogP contribution is -2.27.